The summed E-state index contributed by atoms with van der Waals surface area (Å²) in [6, 6.07) is 10.4. The summed E-state index contributed by atoms with van der Waals surface area (Å²) in [6.45, 7) is 3.76. The molecule has 0 bridgehead atoms. The van der Waals surface area contributed by atoms with E-state index in [0.29, 0.717) is 5.82 Å². The minimum atomic E-state index is 0.150. The zero-order valence-electron chi connectivity index (χ0n) is 15.0. The van der Waals surface area contributed by atoms with Crippen LogP contribution in [-0.2, 0) is 0 Å². The highest BCUT2D eigenvalue weighted by Gasteiger charge is 2.25. The number of hydrogen-bond donors (Lipinski definition) is 1. The topological polar surface area (TPSA) is 81.5 Å². The molecule has 6 nitrogen and oxygen atoms in total. The number of nitriles is 1. The van der Waals surface area contributed by atoms with E-state index in [1.165, 1.54) is 5.56 Å². The third-order valence-corrected chi connectivity index (χ3v) is 5.18. The number of H-pyrrole nitrogens is 1. The number of hydrogen-bond acceptors (Lipinski definition) is 5. The van der Waals surface area contributed by atoms with Gasteiger partial charge in [-0.3, -0.25) is 0 Å². The van der Waals surface area contributed by atoms with Gasteiger partial charge in [0.1, 0.15) is 17.7 Å². The van der Waals surface area contributed by atoms with Crippen molar-refractivity contribution < 1.29 is 0 Å². The predicted octanol–water partition coefficient (Wildman–Crippen LogP) is 4.08. The summed E-state index contributed by atoms with van der Waals surface area (Å²) in [5, 5.41) is 9.11. The number of aryl methyl sites for hydroxylation is 1. The first-order valence-corrected chi connectivity index (χ1v) is 9.31. The Labute approximate surface area is 162 Å². The van der Waals surface area contributed by atoms with Crippen molar-refractivity contribution in [2.24, 2.45) is 0 Å². The van der Waals surface area contributed by atoms with Crippen molar-refractivity contribution in [3.05, 3.63) is 58.9 Å². The zero-order chi connectivity index (χ0) is 18.8. The van der Waals surface area contributed by atoms with Crippen molar-refractivity contribution in [2.45, 2.75) is 25.7 Å². The van der Waals surface area contributed by atoms with E-state index in [4.69, 9.17) is 16.9 Å². The maximum Gasteiger partial charge on any atom is 0.178 e. The van der Waals surface area contributed by atoms with Crippen LogP contribution in [0, 0.1) is 18.3 Å². The number of benzene rings is 1. The van der Waals surface area contributed by atoms with Gasteiger partial charge < -0.3 is 9.88 Å². The third kappa shape index (κ3) is 3.64. The van der Waals surface area contributed by atoms with Gasteiger partial charge in [0.15, 0.2) is 10.8 Å². The molecule has 3 heterocycles. The molecule has 1 aliphatic heterocycles. The molecule has 0 amide bonds. The Morgan fingerprint density at radius 2 is 2.04 bits per heavy atom. The van der Waals surface area contributed by atoms with Crippen molar-refractivity contribution in [3.63, 3.8) is 0 Å². The molecule has 0 radical (unpaired) electrons. The number of piperidine rings is 1. The Morgan fingerprint density at radius 3 is 2.78 bits per heavy atom. The Balaban J connectivity index is 1.53. The summed E-state index contributed by atoms with van der Waals surface area (Å²) in [7, 11) is 0. The van der Waals surface area contributed by atoms with Crippen molar-refractivity contribution in [1.29, 1.82) is 5.26 Å². The minimum Gasteiger partial charge on any atom is -0.355 e. The molecular formula is C20H19ClN6. The Hall–Kier alpha value is -2.91. The summed E-state index contributed by atoms with van der Waals surface area (Å²) < 4.78 is 0. The Morgan fingerprint density at radius 1 is 1.22 bits per heavy atom. The molecular weight excluding hydrogens is 360 g/mol. The third-order valence-electron chi connectivity index (χ3n) is 4.91. The number of nitrogens with one attached hydrogen (secondary N) is 1. The van der Waals surface area contributed by atoms with Crippen LogP contribution < -0.4 is 4.90 Å². The summed E-state index contributed by atoms with van der Waals surface area (Å²) in [5.41, 5.74) is 3.56. The number of anilines is 1. The van der Waals surface area contributed by atoms with Crippen molar-refractivity contribution >= 4 is 17.4 Å². The highest BCUT2D eigenvalue weighted by molar-refractivity contribution is 6.30. The van der Waals surface area contributed by atoms with E-state index >= 15 is 0 Å². The smallest absolute Gasteiger partial charge is 0.178 e. The van der Waals surface area contributed by atoms with Crippen LogP contribution in [0.2, 0.25) is 5.15 Å². The second kappa shape index (κ2) is 7.37. The van der Waals surface area contributed by atoms with E-state index in [1.54, 1.807) is 6.20 Å². The number of rotatable bonds is 3. The van der Waals surface area contributed by atoms with Gasteiger partial charge in [-0.1, -0.05) is 41.4 Å². The fraction of sp³-hybridized carbons (Fsp3) is 0.300. The van der Waals surface area contributed by atoms with Crippen LogP contribution in [-0.4, -0.2) is 33.0 Å². The quantitative estimate of drug-likeness (QED) is 0.742. The minimum absolute atomic E-state index is 0.150. The molecule has 4 rings (SSSR count). The van der Waals surface area contributed by atoms with Gasteiger partial charge in [-0.15, -0.1) is 0 Å². The standard InChI is InChI=1S/C20H19ClN6/c1-13-4-6-14(7-5-13)17-10-24-20(25-17)15-3-2-8-27(12-15)18-11-23-16(9-22)19(21)26-18/h4-7,10-11,15H,2-3,8,12H2,1H3,(H,24,25). The largest absolute Gasteiger partial charge is 0.355 e. The lowest BCUT2D eigenvalue weighted by molar-refractivity contribution is 0.491. The van der Waals surface area contributed by atoms with Crippen LogP contribution in [0.3, 0.4) is 0 Å². The average molecular weight is 379 g/mol. The molecule has 7 heteroatoms. The zero-order valence-corrected chi connectivity index (χ0v) is 15.7. The van der Waals surface area contributed by atoms with Gasteiger partial charge in [0, 0.05) is 19.0 Å². The molecule has 1 N–H and O–H groups in total. The van der Waals surface area contributed by atoms with Crippen LogP contribution in [0.1, 0.15) is 35.8 Å². The molecule has 2 aromatic heterocycles. The second-order valence-electron chi connectivity index (χ2n) is 6.81. The molecule has 0 aliphatic carbocycles. The van der Waals surface area contributed by atoms with Gasteiger partial charge in [-0.2, -0.15) is 5.26 Å². The molecule has 1 saturated heterocycles. The van der Waals surface area contributed by atoms with Gasteiger partial charge in [-0.25, -0.2) is 15.0 Å². The predicted molar refractivity (Wildman–Crippen MR) is 105 cm³/mol. The number of nitrogens with zero attached hydrogens (tertiary/aromatic N) is 5. The second-order valence-corrected chi connectivity index (χ2v) is 7.17. The summed E-state index contributed by atoms with van der Waals surface area (Å²) in [4.78, 5) is 18.7. The molecule has 136 valence electrons. The van der Waals surface area contributed by atoms with E-state index in [2.05, 4.69) is 56.0 Å². The van der Waals surface area contributed by atoms with Gasteiger partial charge in [0.25, 0.3) is 0 Å². The van der Waals surface area contributed by atoms with E-state index in [9.17, 15) is 0 Å². The van der Waals surface area contributed by atoms with Crippen LogP contribution in [0.25, 0.3) is 11.3 Å². The SMILES string of the molecule is Cc1ccc(-c2cnc(C3CCCN(c4cnc(C#N)c(Cl)n4)C3)[nH]2)cc1. The molecule has 1 atom stereocenters. The maximum absolute atomic E-state index is 8.96. The van der Waals surface area contributed by atoms with E-state index in [1.807, 2.05) is 12.3 Å². The van der Waals surface area contributed by atoms with E-state index in [-0.39, 0.29) is 16.8 Å². The van der Waals surface area contributed by atoms with Crippen LogP contribution in [0.5, 0.6) is 0 Å². The summed E-state index contributed by atoms with van der Waals surface area (Å²) in [5.74, 6) is 1.98. The molecule has 1 unspecified atom stereocenters. The maximum atomic E-state index is 8.96. The molecule has 0 saturated carbocycles. The van der Waals surface area contributed by atoms with Crippen molar-refractivity contribution in [1.82, 2.24) is 19.9 Å². The first-order chi connectivity index (χ1) is 13.1. The first-order valence-electron chi connectivity index (χ1n) is 8.93. The molecule has 1 fully saturated rings. The summed E-state index contributed by atoms with van der Waals surface area (Å²) >= 11 is 6.04. The van der Waals surface area contributed by atoms with Gasteiger partial charge in [-0.05, 0) is 25.3 Å². The van der Waals surface area contributed by atoms with Crippen molar-refractivity contribution in [3.8, 4) is 17.3 Å². The number of halogens is 1. The average Bonchev–Trinajstić information content (AvgIpc) is 3.19. The van der Waals surface area contributed by atoms with Gasteiger partial charge in [0.05, 0.1) is 18.1 Å². The number of aromatic amines is 1. The lowest BCUT2D eigenvalue weighted by Crippen LogP contribution is -2.35. The monoisotopic (exact) mass is 378 g/mol. The van der Waals surface area contributed by atoms with Gasteiger partial charge in [0.2, 0.25) is 0 Å². The lowest BCUT2D eigenvalue weighted by Gasteiger charge is -2.32. The molecule has 27 heavy (non-hydrogen) atoms. The number of imidazole rings is 1. The van der Waals surface area contributed by atoms with Crippen molar-refractivity contribution in [2.75, 3.05) is 18.0 Å². The van der Waals surface area contributed by atoms with Gasteiger partial charge >= 0.3 is 0 Å². The molecule has 3 aromatic rings. The highest BCUT2D eigenvalue weighted by Crippen LogP contribution is 2.29. The first kappa shape index (κ1) is 17.5. The highest BCUT2D eigenvalue weighted by atomic mass is 35.5. The molecule has 0 spiro atoms. The summed E-state index contributed by atoms with van der Waals surface area (Å²) in [6.07, 6.45) is 5.61. The Kier molecular flexibility index (Phi) is 4.78. The number of aromatic nitrogens is 4. The fourth-order valence-corrected chi connectivity index (χ4v) is 3.60. The molecule has 1 aromatic carbocycles. The molecule has 1 aliphatic rings. The fourth-order valence-electron chi connectivity index (χ4n) is 3.42. The van der Waals surface area contributed by atoms with E-state index < -0.39 is 0 Å². The normalized spacial score (nSPS) is 16.9. The Bertz CT molecular complexity index is 988. The van der Waals surface area contributed by atoms with Crippen LogP contribution in [0.15, 0.2) is 36.7 Å². The van der Waals surface area contributed by atoms with E-state index in [0.717, 1.165) is 43.0 Å². The van der Waals surface area contributed by atoms with Crippen LogP contribution >= 0.6 is 11.6 Å². The van der Waals surface area contributed by atoms with Crippen LogP contribution in [0.4, 0.5) is 5.82 Å². The lowest BCUT2D eigenvalue weighted by atomic mass is 9.97.